The highest BCUT2D eigenvalue weighted by atomic mass is 16.2. The molecule has 1 aromatic carbocycles. The Kier molecular flexibility index (Phi) is 6.03. The number of carbonyl (C=O) groups excluding carboxylic acids is 3. The van der Waals surface area contributed by atoms with Gasteiger partial charge in [0.15, 0.2) is 0 Å². The zero-order chi connectivity index (χ0) is 20.3. The molecule has 1 heterocycles. The quantitative estimate of drug-likeness (QED) is 0.706. The van der Waals surface area contributed by atoms with E-state index in [0.29, 0.717) is 18.5 Å². The van der Waals surface area contributed by atoms with Crippen molar-refractivity contribution in [1.82, 2.24) is 15.1 Å². The minimum atomic E-state index is -0.862. The van der Waals surface area contributed by atoms with Gasteiger partial charge in [0.2, 0.25) is 5.91 Å². The molecule has 1 saturated heterocycles. The van der Waals surface area contributed by atoms with Crippen molar-refractivity contribution in [3.8, 4) is 0 Å². The molecule has 1 saturated carbocycles. The predicted molar refractivity (Wildman–Crippen MR) is 108 cm³/mol. The number of urea groups is 1. The number of nitrogens with zero attached hydrogens (tertiary/aromatic N) is 2. The lowest BCUT2D eigenvalue weighted by atomic mass is 9.97. The highest BCUT2D eigenvalue weighted by Crippen LogP contribution is 2.35. The van der Waals surface area contributed by atoms with Gasteiger partial charge in [0.1, 0.15) is 11.6 Å². The van der Waals surface area contributed by atoms with Crippen molar-refractivity contribution in [1.29, 1.82) is 0 Å². The first-order valence-corrected chi connectivity index (χ1v) is 10.2. The van der Waals surface area contributed by atoms with Crippen LogP contribution in [0.15, 0.2) is 24.3 Å². The monoisotopic (exact) mass is 386 g/mol. The van der Waals surface area contributed by atoms with Crippen molar-refractivity contribution in [2.75, 3.05) is 18.4 Å². The lowest BCUT2D eigenvalue weighted by Crippen LogP contribution is -2.48. The number of benzene rings is 1. The number of carbonyl (C=O) groups is 3. The molecule has 2 N–H and O–H groups in total. The summed E-state index contributed by atoms with van der Waals surface area (Å²) in [5.41, 5.74) is 0.980. The fourth-order valence-electron chi connectivity index (χ4n) is 4.13. The van der Waals surface area contributed by atoms with E-state index in [0.717, 1.165) is 42.9 Å². The second-order valence-corrected chi connectivity index (χ2v) is 7.72. The van der Waals surface area contributed by atoms with Gasteiger partial charge in [-0.05, 0) is 50.6 Å². The van der Waals surface area contributed by atoms with Crippen LogP contribution in [0.3, 0.4) is 0 Å². The summed E-state index contributed by atoms with van der Waals surface area (Å²) in [6, 6.07) is 6.36. The summed E-state index contributed by atoms with van der Waals surface area (Å²) in [5.74, 6) is -0.633. The Bertz CT molecular complexity index is 754. The van der Waals surface area contributed by atoms with Gasteiger partial charge in [-0.15, -0.1) is 0 Å². The summed E-state index contributed by atoms with van der Waals surface area (Å²) in [4.78, 5) is 41.3. The number of nitrogens with one attached hydrogen (secondary N) is 2. The normalized spacial score (nSPS) is 19.4. The Balaban J connectivity index is 1.68. The van der Waals surface area contributed by atoms with Crippen molar-refractivity contribution < 1.29 is 14.4 Å². The molecule has 0 unspecified atom stereocenters. The van der Waals surface area contributed by atoms with Crippen LogP contribution in [0, 0.1) is 0 Å². The topological polar surface area (TPSA) is 81.8 Å². The van der Waals surface area contributed by atoms with Crippen LogP contribution in [0.4, 0.5) is 10.5 Å². The summed E-state index contributed by atoms with van der Waals surface area (Å²) >= 11 is 0. The van der Waals surface area contributed by atoms with Crippen LogP contribution in [0.1, 0.15) is 52.0 Å². The van der Waals surface area contributed by atoms with Crippen molar-refractivity contribution in [3.63, 3.8) is 0 Å². The Morgan fingerprint density at radius 2 is 1.93 bits per heavy atom. The van der Waals surface area contributed by atoms with Crippen molar-refractivity contribution in [2.45, 2.75) is 64.6 Å². The SMILES string of the molecule is CCN(CC)Cc1cccc(NC(=O)[C@H](C)N2C(=O)NC3(CCCC3)C2=O)c1. The van der Waals surface area contributed by atoms with Gasteiger partial charge in [0.05, 0.1) is 0 Å². The molecule has 0 aromatic heterocycles. The molecule has 1 atom stereocenters. The van der Waals surface area contributed by atoms with Gasteiger partial charge in [-0.2, -0.15) is 0 Å². The second-order valence-electron chi connectivity index (χ2n) is 7.72. The van der Waals surface area contributed by atoms with Crippen LogP contribution in [-0.4, -0.2) is 52.3 Å². The molecule has 3 rings (SSSR count). The first kappa shape index (κ1) is 20.3. The van der Waals surface area contributed by atoms with E-state index in [-0.39, 0.29) is 11.8 Å². The summed E-state index contributed by atoms with van der Waals surface area (Å²) in [7, 11) is 0. The molecule has 7 heteroatoms. The number of anilines is 1. The van der Waals surface area contributed by atoms with E-state index in [1.165, 1.54) is 0 Å². The van der Waals surface area contributed by atoms with Gasteiger partial charge in [-0.25, -0.2) is 9.69 Å². The maximum absolute atomic E-state index is 12.8. The molecule has 1 spiro atoms. The van der Waals surface area contributed by atoms with E-state index < -0.39 is 17.6 Å². The van der Waals surface area contributed by atoms with E-state index in [2.05, 4.69) is 29.4 Å². The van der Waals surface area contributed by atoms with Crippen LogP contribution in [-0.2, 0) is 16.1 Å². The average Bonchev–Trinajstić information content (AvgIpc) is 3.24. The third-order valence-corrected chi connectivity index (χ3v) is 5.91. The zero-order valence-electron chi connectivity index (χ0n) is 17.0. The molecule has 7 nitrogen and oxygen atoms in total. The number of rotatable bonds is 7. The van der Waals surface area contributed by atoms with E-state index >= 15 is 0 Å². The van der Waals surface area contributed by atoms with E-state index in [1.807, 2.05) is 24.3 Å². The second kappa shape index (κ2) is 8.31. The maximum atomic E-state index is 12.8. The van der Waals surface area contributed by atoms with Crippen molar-refractivity contribution in [2.24, 2.45) is 0 Å². The molecule has 1 aliphatic heterocycles. The van der Waals surface area contributed by atoms with Gasteiger partial charge in [-0.3, -0.25) is 14.5 Å². The average molecular weight is 386 g/mol. The minimum Gasteiger partial charge on any atom is -0.324 e. The number of hydrogen-bond donors (Lipinski definition) is 2. The molecule has 0 bridgehead atoms. The molecule has 1 aromatic rings. The molecule has 4 amide bonds. The lowest BCUT2D eigenvalue weighted by molar-refractivity contribution is -0.136. The number of hydrogen-bond acceptors (Lipinski definition) is 4. The van der Waals surface area contributed by atoms with Gasteiger partial charge < -0.3 is 10.6 Å². The van der Waals surface area contributed by atoms with Crippen LogP contribution >= 0.6 is 0 Å². The summed E-state index contributed by atoms with van der Waals surface area (Å²) in [6.45, 7) is 8.55. The Morgan fingerprint density at radius 1 is 1.25 bits per heavy atom. The van der Waals surface area contributed by atoms with Crippen LogP contribution in [0.25, 0.3) is 0 Å². The molecule has 28 heavy (non-hydrogen) atoms. The van der Waals surface area contributed by atoms with Crippen molar-refractivity contribution >= 4 is 23.5 Å². The molecule has 152 valence electrons. The van der Waals surface area contributed by atoms with Crippen molar-refractivity contribution in [3.05, 3.63) is 29.8 Å². The maximum Gasteiger partial charge on any atom is 0.325 e. The Labute approximate surface area is 166 Å². The predicted octanol–water partition coefficient (Wildman–Crippen LogP) is 2.72. The first-order valence-electron chi connectivity index (χ1n) is 10.2. The summed E-state index contributed by atoms with van der Waals surface area (Å²) in [6.07, 6.45) is 3.13. The highest BCUT2D eigenvalue weighted by molar-refractivity contribution is 6.11. The van der Waals surface area contributed by atoms with Gasteiger partial charge in [0, 0.05) is 12.2 Å². The molecule has 2 fully saturated rings. The molecular formula is C21H30N4O3. The number of imide groups is 1. The molecular weight excluding hydrogens is 356 g/mol. The summed E-state index contributed by atoms with van der Waals surface area (Å²) in [5, 5.41) is 5.68. The molecule has 0 radical (unpaired) electrons. The van der Waals surface area contributed by atoms with Crippen LogP contribution in [0.5, 0.6) is 0 Å². The third kappa shape index (κ3) is 3.90. The lowest BCUT2D eigenvalue weighted by Gasteiger charge is -2.23. The van der Waals surface area contributed by atoms with Gasteiger partial charge in [-0.1, -0.05) is 38.8 Å². The fraction of sp³-hybridized carbons (Fsp3) is 0.571. The van der Waals surface area contributed by atoms with Gasteiger partial charge >= 0.3 is 6.03 Å². The Hall–Kier alpha value is -2.41. The molecule has 2 aliphatic rings. The number of amides is 4. The highest BCUT2D eigenvalue weighted by Gasteiger charge is 2.54. The fourth-order valence-corrected chi connectivity index (χ4v) is 4.13. The third-order valence-electron chi connectivity index (χ3n) is 5.91. The molecule has 1 aliphatic carbocycles. The van der Waals surface area contributed by atoms with Gasteiger partial charge in [0.25, 0.3) is 5.91 Å². The largest absolute Gasteiger partial charge is 0.325 e. The first-order chi connectivity index (χ1) is 13.4. The zero-order valence-corrected chi connectivity index (χ0v) is 17.0. The van der Waals surface area contributed by atoms with Crippen LogP contribution in [0.2, 0.25) is 0 Å². The standard InChI is InChI=1S/C21H30N4O3/c1-4-24(5-2)14-16-9-8-10-17(13-16)22-18(26)15(3)25-19(27)21(23-20(25)28)11-6-7-12-21/h8-10,13,15H,4-7,11-12,14H2,1-3H3,(H,22,26)(H,23,28)/t15-/m0/s1. The summed E-state index contributed by atoms with van der Waals surface area (Å²) < 4.78 is 0. The minimum absolute atomic E-state index is 0.270. The smallest absolute Gasteiger partial charge is 0.324 e. The van der Waals surface area contributed by atoms with E-state index in [1.54, 1.807) is 6.92 Å². The Morgan fingerprint density at radius 3 is 2.57 bits per heavy atom. The van der Waals surface area contributed by atoms with Crippen LogP contribution < -0.4 is 10.6 Å². The van der Waals surface area contributed by atoms with E-state index in [9.17, 15) is 14.4 Å². The van der Waals surface area contributed by atoms with E-state index in [4.69, 9.17) is 0 Å².